The lowest BCUT2D eigenvalue weighted by Crippen LogP contribution is -1.82. The van der Waals surface area contributed by atoms with Gasteiger partial charge in [-0.05, 0) is 29.6 Å². The third-order valence-corrected chi connectivity index (χ3v) is 5.56. The van der Waals surface area contributed by atoms with Crippen molar-refractivity contribution in [1.29, 1.82) is 0 Å². The number of aromatic nitrogens is 2. The maximum absolute atomic E-state index is 4.81. The van der Waals surface area contributed by atoms with E-state index in [2.05, 4.69) is 74.1 Å². The number of thiophene rings is 1. The van der Waals surface area contributed by atoms with Crippen molar-refractivity contribution in [3.8, 4) is 21.8 Å². The van der Waals surface area contributed by atoms with Gasteiger partial charge in [0.1, 0.15) is 5.01 Å². The smallest absolute Gasteiger partial charge is 0.126 e. The molecule has 0 amide bonds. The fourth-order valence-corrected chi connectivity index (χ4v) is 4.34. The molecule has 21 heavy (non-hydrogen) atoms. The highest BCUT2D eigenvalue weighted by Crippen LogP contribution is 2.36. The van der Waals surface area contributed by atoms with Crippen molar-refractivity contribution < 1.29 is 0 Å². The van der Waals surface area contributed by atoms with Gasteiger partial charge in [0, 0.05) is 50.5 Å². The topological polar surface area (TPSA) is 17.8 Å². The average molecular weight is 375 g/mol. The van der Waals surface area contributed by atoms with Gasteiger partial charge in [0.25, 0.3) is 0 Å². The van der Waals surface area contributed by atoms with Gasteiger partial charge in [-0.1, -0.05) is 15.9 Å². The fraction of sp³-hybridized carbons (Fsp3) is 0.0625. The Balaban J connectivity index is 1.89. The van der Waals surface area contributed by atoms with Crippen molar-refractivity contribution in [2.24, 2.45) is 7.05 Å². The zero-order chi connectivity index (χ0) is 14.4. The number of nitrogens with zero attached hydrogens (tertiary/aromatic N) is 2. The summed E-state index contributed by atoms with van der Waals surface area (Å²) in [6.45, 7) is 0. The molecule has 4 aromatic rings. The predicted octanol–water partition coefficient (Wildman–Crippen LogP) is 5.79. The monoisotopic (exact) mass is 374 g/mol. The third kappa shape index (κ3) is 2.25. The minimum absolute atomic E-state index is 1.06. The van der Waals surface area contributed by atoms with Gasteiger partial charge in [-0.3, -0.25) is 0 Å². The molecular formula is C16H11BrN2S2. The quantitative estimate of drug-likeness (QED) is 0.433. The third-order valence-electron chi connectivity index (χ3n) is 3.50. The van der Waals surface area contributed by atoms with Crippen LogP contribution in [0.15, 0.2) is 51.1 Å². The Bertz CT molecular complexity index is 919. The molecule has 104 valence electrons. The molecule has 1 aromatic carbocycles. The number of halogens is 1. The first-order valence-corrected chi connectivity index (χ1v) is 9.07. The zero-order valence-corrected chi connectivity index (χ0v) is 14.4. The Morgan fingerprint density at radius 1 is 1.19 bits per heavy atom. The molecule has 0 aliphatic heterocycles. The molecule has 0 unspecified atom stereocenters. The molecule has 5 heteroatoms. The van der Waals surface area contributed by atoms with E-state index in [0.717, 1.165) is 15.2 Å². The van der Waals surface area contributed by atoms with Gasteiger partial charge in [0.15, 0.2) is 0 Å². The summed E-state index contributed by atoms with van der Waals surface area (Å²) in [7, 11) is 2.08. The van der Waals surface area contributed by atoms with E-state index >= 15 is 0 Å². The summed E-state index contributed by atoms with van der Waals surface area (Å²) in [4.78, 5) is 4.81. The molecule has 0 aliphatic carbocycles. The van der Waals surface area contributed by atoms with Crippen LogP contribution in [-0.4, -0.2) is 9.55 Å². The number of hydrogen-bond donors (Lipinski definition) is 0. The molecule has 4 rings (SSSR count). The number of fused-ring (bicyclic) bond motifs is 1. The van der Waals surface area contributed by atoms with Crippen molar-refractivity contribution in [3.63, 3.8) is 0 Å². The van der Waals surface area contributed by atoms with E-state index in [1.165, 1.54) is 22.0 Å². The molecule has 0 N–H and O–H groups in total. The zero-order valence-electron chi connectivity index (χ0n) is 11.2. The SMILES string of the molecule is Cn1cc(-c2nc(-c3ccsc3)cs2)c2cc(Br)ccc21. The first kappa shape index (κ1) is 13.2. The van der Waals surface area contributed by atoms with Crippen molar-refractivity contribution in [1.82, 2.24) is 9.55 Å². The van der Waals surface area contributed by atoms with E-state index < -0.39 is 0 Å². The molecule has 0 saturated carbocycles. The van der Waals surface area contributed by atoms with Crippen LogP contribution in [0.4, 0.5) is 0 Å². The molecule has 0 aliphatic rings. The van der Waals surface area contributed by atoms with Gasteiger partial charge in [-0.15, -0.1) is 11.3 Å². The summed E-state index contributed by atoms with van der Waals surface area (Å²) in [5.74, 6) is 0. The summed E-state index contributed by atoms with van der Waals surface area (Å²) in [6, 6.07) is 8.49. The predicted molar refractivity (Wildman–Crippen MR) is 95.0 cm³/mol. The van der Waals surface area contributed by atoms with Crippen LogP contribution in [0, 0.1) is 0 Å². The van der Waals surface area contributed by atoms with Gasteiger partial charge in [0.05, 0.1) is 5.69 Å². The van der Waals surface area contributed by atoms with E-state index in [4.69, 9.17) is 4.98 Å². The highest BCUT2D eigenvalue weighted by molar-refractivity contribution is 9.10. The van der Waals surface area contributed by atoms with Crippen molar-refractivity contribution in [2.45, 2.75) is 0 Å². The summed E-state index contributed by atoms with van der Waals surface area (Å²) >= 11 is 6.96. The minimum Gasteiger partial charge on any atom is -0.350 e. The molecular weight excluding hydrogens is 364 g/mol. The molecule has 0 fully saturated rings. The van der Waals surface area contributed by atoms with Gasteiger partial charge in [0.2, 0.25) is 0 Å². The van der Waals surface area contributed by atoms with E-state index in [-0.39, 0.29) is 0 Å². The summed E-state index contributed by atoms with van der Waals surface area (Å²) in [6.07, 6.45) is 2.16. The van der Waals surface area contributed by atoms with Gasteiger partial charge in [-0.25, -0.2) is 4.98 Å². The second kappa shape index (κ2) is 5.09. The molecule has 0 atom stereocenters. The van der Waals surface area contributed by atoms with Gasteiger partial charge in [-0.2, -0.15) is 11.3 Å². The summed E-state index contributed by atoms with van der Waals surface area (Å²) in [5, 5.41) is 8.66. The van der Waals surface area contributed by atoms with Crippen molar-refractivity contribution >= 4 is 49.5 Å². The second-order valence-electron chi connectivity index (χ2n) is 4.87. The summed E-state index contributed by atoms with van der Waals surface area (Å²) in [5.41, 5.74) is 4.67. The second-order valence-corrected chi connectivity index (χ2v) is 7.42. The highest BCUT2D eigenvalue weighted by Gasteiger charge is 2.13. The number of aryl methyl sites for hydroxylation is 1. The highest BCUT2D eigenvalue weighted by atomic mass is 79.9. The van der Waals surface area contributed by atoms with E-state index in [1.807, 2.05) is 0 Å². The Morgan fingerprint density at radius 3 is 2.90 bits per heavy atom. The van der Waals surface area contributed by atoms with Crippen molar-refractivity contribution in [3.05, 3.63) is 51.1 Å². The van der Waals surface area contributed by atoms with Gasteiger partial charge >= 0.3 is 0 Å². The Morgan fingerprint density at radius 2 is 2.10 bits per heavy atom. The molecule has 0 saturated heterocycles. The van der Waals surface area contributed by atoms with Crippen LogP contribution in [0.3, 0.4) is 0 Å². The molecule has 3 aromatic heterocycles. The lowest BCUT2D eigenvalue weighted by molar-refractivity contribution is 0.970. The number of thiazole rings is 1. The Kier molecular flexibility index (Phi) is 3.21. The van der Waals surface area contributed by atoms with Gasteiger partial charge < -0.3 is 4.57 Å². The van der Waals surface area contributed by atoms with E-state index in [1.54, 1.807) is 22.7 Å². The molecule has 0 radical (unpaired) electrons. The number of benzene rings is 1. The maximum atomic E-state index is 4.81. The van der Waals surface area contributed by atoms with Crippen LogP contribution >= 0.6 is 38.6 Å². The lowest BCUT2D eigenvalue weighted by atomic mass is 10.2. The number of hydrogen-bond acceptors (Lipinski definition) is 3. The van der Waals surface area contributed by atoms with Crippen LogP contribution < -0.4 is 0 Å². The largest absolute Gasteiger partial charge is 0.350 e. The van der Waals surface area contributed by atoms with E-state index in [0.29, 0.717) is 0 Å². The standard InChI is InChI=1S/C16H11BrN2S2/c1-19-7-13(12-6-11(17)2-3-15(12)19)16-18-14(9-21-16)10-4-5-20-8-10/h2-9H,1H3. The number of rotatable bonds is 2. The molecule has 2 nitrogen and oxygen atoms in total. The molecule has 3 heterocycles. The maximum Gasteiger partial charge on any atom is 0.126 e. The van der Waals surface area contributed by atoms with Crippen LogP contribution in [0.2, 0.25) is 0 Å². The summed E-state index contributed by atoms with van der Waals surface area (Å²) < 4.78 is 3.25. The van der Waals surface area contributed by atoms with Crippen LogP contribution in [0.5, 0.6) is 0 Å². The van der Waals surface area contributed by atoms with Crippen LogP contribution in [0.25, 0.3) is 32.7 Å². The van der Waals surface area contributed by atoms with Crippen molar-refractivity contribution in [2.75, 3.05) is 0 Å². The first-order valence-electron chi connectivity index (χ1n) is 6.45. The average Bonchev–Trinajstić information content (AvgIpc) is 3.17. The fourth-order valence-electron chi connectivity index (χ4n) is 2.47. The van der Waals surface area contributed by atoms with Crippen LogP contribution in [-0.2, 0) is 7.05 Å². The van der Waals surface area contributed by atoms with Crippen LogP contribution in [0.1, 0.15) is 0 Å². The first-order chi connectivity index (χ1) is 10.2. The normalized spacial score (nSPS) is 11.3. The Labute approximate surface area is 138 Å². The lowest BCUT2D eigenvalue weighted by Gasteiger charge is -1.96. The minimum atomic E-state index is 1.06. The Hall–Kier alpha value is -1.43. The molecule has 0 spiro atoms. The van der Waals surface area contributed by atoms with E-state index in [9.17, 15) is 0 Å². The molecule has 0 bridgehead atoms.